The van der Waals surface area contributed by atoms with Gasteiger partial charge in [0.15, 0.2) is 5.78 Å². The number of carbonyl (C=O) groups excluding carboxylic acids is 2. The van der Waals surface area contributed by atoms with Crippen LogP contribution in [0.25, 0.3) is 5.57 Å². The molecule has 0 spiro atoms. The predicted molar refractivity (Wildman–Crippen MR) is 139 cm³/mol. The maximum absolute atomic E-state index is 13.2. The third-order valence-electron chi connectivity index (χ3n) is 7.45. The lowest BCUT2D eigenvalue weighted by atomic mass is 9.79. The number of aliphatic hydroxyl groups is 2. The molecule has 1 saturated heterocycles. The van der Waals surface area contributed by atoms with Crippen molar-refractivity contribution in [1.29, 1.82) is 0 Å². The summed E-state index contributed by atoms with van der Waals surface area (Å²) in [5.74, 6) is -4.63. The third kappa shape index (κ3) is 4.09. The molecule has 2 heterocycles. The molecule has 0 amide bonds. The normalized spacial score (nSPS) is 24.1. The minimum absolute atomic E-state index is 0.0413. The highest BCUT2D eigenvalue weighted by Gasteiger charge is 2.45. The van der Waals surface area contributed by atoms with Crippen molar-refractivity contribution >= 4 is 17.1 Å². The molecular formula is C30H24O10. The number of hydrogen-bond donors (Lipinski definition) is 6. The van der Waals surface area contributed by atoms with Gasteiger partial charge in [-0.05, 0) is 41.5 Å². The van der Waals surface area contributed by atoms with Gasteiger partial charge in [-0.2, -0.15) is 0 Å². The summed E-state index contributed by atoms with van der Waals surface area (Å²) in [6, 6.07) is 13.3. The zero-order chi connectivity index (χ0) is 28.3. The Morgan fingerprint density at radius 2 is 1.32 bits per heavy atom. The molecule has 40 heavy (non-hydrogen) atoms. The van der Waals surface area contributed by atoms with Gasteiger partial charge in [0.2, 0.25) is 0 Å². The first-order valence-electron chi connectivity index (χ1n) is 12.5. The summed E-state index contributed by atoms with van der Waals surface area (Å²) in [7, 11) is 0. The zero-order valence-corrected chi connectivity index (χ0v) is 20.8. The first-order valence-corrected chi connectivity index (χ1v) is 12.5. The number of Topliss-reactive ketones (excluding diaryl/α,β-unsaturated/α-hetero) is 2. The molecule has 0 aromatic heterocycles. The molecule has 2 aliphatic heterocycles. The summed E-state index contributed by atoms with van der Waals surface area (Å²) in [5, 5.41) is 63.2. The Kier molecular flexibility index (Phi) is 5.92. The van der Waals surface area contributed by atoms with Gasteiger partial charge in [-0.3, -0.25) is 9.59 Å². The van der Waals surface area contributed by atoms with Crippen LogP contribution in [0.5, 0.6) is 28.7 Å². The number of allylic oxidation sites excluding steroid dienone is 1. The zero-order valence-electron chi connectivity index (χ0n) is 20.8. The fourth-order valence-corrected chi connectivity index (χ4v) is 5.50. The van der Waals surface area contributed by atoms with E-state index in [1.807, 2.05) is 0 Å². The Hall–Kier alpha value is -4.96. The SMILES string of the molecule is O=C1C[C@@H](c2ccc(O)cc2)Oc2cc(O)c(C3=C(O)C4C(=O)C[C@@H](c5ccc(O)cc5)OC4C=C3O)c(O)c21. The van der Waals surface area contributed by atoms with Gasteiger partial charge in [-0.1, -0.05) is 24.3 Å². The summed E-state index contributed by atoms with van der Waals surface area (Å²) in [6.07, 6.45) is -1.51. The standard InChI is InChI=1S/C30H24O10/c31-15-5-1-13(2-6-15)21-9-17(33)25-23(39-21)11-19(35)27(29(25)37)28-20(36)12-24-26(30(28)38)18(34)10-22(40-24)14-3-7-16(32)8-4-14/h1-8,11-12,21-23,25,31-32,35-38H,9-10H2/t21-,22-,23?,25?/m0/s1. The molecular weight excluding hydrogens is 520 g/mol. The molecule has 3 aromatic rings. The van der Waals surface area contributed by atoms with Crippen LogP contribution in [0.1, 0.15) is 52.1 Å². The number of aromatic hydroxyl groups is 4. The predicted octanol–water partition coefficient (Wildman–Crippen LogP) is 4.66. The van der Waals surface area contributed by atoms with Crippen LogP contribution in [0.3, 0.4) is 0 Å². The van der Waals surface area contributed by atoms with Gasteiger partial charge in [0.25, 0.3) is 0 Å². The summed E-state index contributed by atoms with van der Waals surface area (Å²) >= 11 is 0. The van der Waals surface area contributed by atoms with E-state index < -0.39 is 70.0 Å². The second-order valence-electron chi connectivity index (χ2n) is 9.96. The average molecular weight is 545 g/mol. The monoisotopic (exact) mass is 544 g/mol. The van der Waals surface area contributed by atoms with Crippen molar-refractivity contribution in [3.63, 3.8) is 0 Å². The number of aliphatic hydroxyl groups excluding tert-OH is 2. The lowest BCUT2D eigenvalue weighted by Gasteiger charge is -2.37. The van der Waals surface area contributed by atoms with Gasteiger partial charge >= 0.3 is 0 Å². The van der Waals surface area contributed by atoms with Crippen molar-refractivity contribution in [2.75, 3.05) is 0 Å². The molecule has 6 rings (SSSR count). The summed E-state index contributed by atoms with van der Waals surface area (Å²) in [5.41, 5.74) is 0.169. The lowest BCUT2D eigenvalue weighted by molar-refractivity contribution is -0.141. The number of carbonyl (C=O) groups is 2. The minimum Gasteiger partial charge on any atom is -0.511 e. The number of phenolic OH excluding ortho intramolecular Hbond substituents is 4. The molecule has 10 nitrogen and oxygen atoms in total. The quantitative estimate of drug-likeness (QED) is 0.272. The van der Waals surface area contributed by atoms with Gasteiger partial charge in [0.05, 0.1) is 29.8 Å². The molecule has 0 bridgehead atoms. The third-order valence-corrected chi connectivity index (χ3v) is 7.45. The molecule has 1 fully saturated rings. The number of rotatable bonds is 3. The molecule has 10 heteroatoms. The lowest BCUT2D eigenvalue weighted by Crippen LogP contribution is -2.40. The summed E-state index contributed by atoms with van der Waals surface area (Å²) in [6.45, 7) is 0. The van der Waals surface area contributed by atoms with Gasteiger partial charge in [-0.15, -0.1) is 0 Å². The molecule has 3 aromatic carbocycles. The van der Waals surface area contributed by atoms with E-state index in [0.29, 0.717) is 11.1 Å². The van der Waals surface area contributed by atoms with E-state index in [9.17, 15) is 40.2 Å². The van der Waals surface area contributed by atoms with Gasteiger partial charge in [0.1, 0.15) is 63.6 Å². The Morgan fingerprint density at radius 3 is 1.95 bits per heavy atom. The Balaban J connectivity index is 1.35. The van der Waals surface area contributed by atoms with Crippen LogP contribution in [0, 0.1) is 5.92 Å². The average Bonchev–Trinajstić information content (AvgIpc) is 2.90. The summed E-state index contributed by atoms with van der Waals surface area (Å²) < 4.78 is 11.9. The van der Waals surface area contributed by atoms with Crippen LogP contribution in [-0.2, 0) is 9.53 Å². The fourth-order valence-electron chi connectivity index (χ4n) is 5.50. The highest BCUT2D eigenvalue weighted by Crippen LogP contribution is 2.51. The van der Waals surface area contributed by atoms with Crippen molar-refractivity contribution in [2.24, 2.45) is 5.92 Å². The molecule has 0 radical (unpaired) electrons. The van der Waals surface area contributed by atoms with E-state index in [2.05, 4.69) is 0 Å². The number of ketones is 2. The van der Waals surface area contributed by atoms with E-state index in [4.69, 9.17) is 9.47 Å². The van der Waals surface area contributed by atoms with Crippen LogP contribution in [-0.4, -0.2) is 48.3 Å². The van der Waals surface area contributed by atoms with Crippen molar-refractivity contribution < 1.29 is 49.7 Å². The van der Waals surface area contributed by atoms with Crippen LogP contribution in [0.2, 0.25) is 0 Å². The smallest absolute Gasteiger partial charge is 0.174 e. The van der Waals surface area contributed by atoms with E-state index in [1.54, 1.807) is 24.3 Å². The first-order chi connectivity index (χ1) is 19.1. The first kappa shape index (κ1) is 25.3. The number of ether oxygens (including phenoxy) is 2. The number of hydrogen-bond acceptors (Lipinski definition) is 10. The van der Waals surface area contributed by atoms with E-state index >= 15 is 0 Å². The van der Waals surface area contributed by atoms with Crippen molar-refractivity contribution in [3.8, 4) is 28.7 Å². The Bertz CT molecular complexity index is 1600. The molecule has 0 saturated carbocycles. The molecule has 3 aliphatic rings. The topological polar surface area (TPSA) is 174 Å². The second-order valence-corrected chi connectivity index (χ2v) is 9.96. The van der Waals surface area contributed by atoms with Crippen LogP contribution in [0.4, 0.5) is 0 Å². The van der Waals surface area contributed by atoms with E-state index in [0.717, 1.165) is 6.07 Å². The van der Waals surface area contributed by atoms with E-state index in [1.165, 1.54) is 30.3 Å². The minimum atomic E-state index is -1.22. The van der Waals surface area contributed by atoms with Crippen molar-refractivity contribution in [3.05, 3.63) is 94.4 Å². The second kappa shape index (κ2) is 9.35. The molecule has 1 aliphatic carbocycles. The Morgan fingerprint density at radius 1 is 0.725 bits per heavy atom. The van der Waals surface area contributed by atoms with Crippen molar-refractivity contribution in [1.82, 2.24) is 0 Å². The van der Waals surface area contributed by atoms with Crippen LogP contribution < -0.4 is 4.74 Å². The number of benzene rings is 3. The molecule has 2 unspecified atom stereocenters. The summed E-state index contributed by atoms with van der Waals surface area (Å²) in [4.78, 5) is 26.3. The van der Waals surface area contributed by atoms with Crippen LogP contribution in [0.15, 0.2) is 72.2 Å². The van der Waals surface area contributed by atoms with Gasteiger partial charge < -0.3 is 40.1 Å². The Labute approximate surface area is 227 Å². The number of phenols is 4. The maximum atomic E-state index is 13.2. The van der Waals surface area contributed by atoms with Crippen molar-refractivity contribution in [2.45, 2.75) is 31.2 Å². The van der Waals surface area contributed by atoms with Crippen LogP contribution >= 0.6 is 0 Å². The highest BCUT2D eigenvalue weighted by molar-refractivity contribution is 6.05. The molecule has 4 atom stereocenters. The molecule has 204 valence electrons. The largest absolute Gasteiger partial charge is 0.511 e. The van der Waals surface area contributed by atoms with E-state index in [-0.39, 0.29) is 35.7 Å². The number of fused-ring (bicyclic) bond motifs is 2. The van der Waals surface area contributed by atoms with Gasteiger partial charge in [0, 0.05) is 12.5 Å². The van der Waals surface area contributed by atoms with Gasteiger partial charge in [-0.25, -0.2) is 0 Å². The maximum Gasteiger partial charge on any atom is 0.174 e. The fraction of sp³-hybridized carbons (Fsp3) is 0.200. The highest BCUT2D eigenvalue weighted by atomic mass is 16.5. The molecule has 6 N–H and O–H groups in total.